The average Bonchev–Trinajstić information content (AvgIpc) is 2.38. The van der Waals surface area contributed by atoms with Gasteiger partial charge in [-0.25, -0.2) is 4.79 Å². The molecular formula is C12H15NO4. The summed E-state index contributed by atoms with van der Waals surface area (Å²) in [6.45, 7) is 0.456. The molecular weight excluding hydrogens is 222 g/mol. The van der Waals surface area contributed by atoms with Crippen molar-refractivity contribution in [1.82, 2.24) is 0 Å². The van der Waals surface area contributed by atoms with E-state index in [9.17, 15) is 9.59 Å². The van der Waals surface area contributed by atoms with E-state index in [1.54, 1.807) is 18.2 Å². The second-order valence-corrected chi connectivity index (χ2v) is 3.33. The Morgan fingerprint density at radius 3 is 2.65 bits per heavy atom. The number of methoxy groups -OCH3 is 2. The van der Waals surface area contributed by atoms with Crippen molar-refractivity contribution < 1.29 is 19.1 Å². The normalized spacial score (nSPS) is 9.53. The zero-order chi connectivity index (χ0) is 12.7. The van der Waals surface area contributed by atoms with Crippen molar-refractivity contribution in [2.75, 3.05) is 26.1 Å². The lowest BCUT2D eigenvalue weighted by Crippen LogP contribution is -2.10. The van der Waals surface area contributed by atoms with E-state index in [1.807, 2.05) is 6.07 Å². The fourth-order valence-corrected chi connectivity index (χ4v) is 1.28. The van der Waals surface area contributed by atoms with Gasteiger partial charge in [-0.05, 0) is 18.2 Å². The van der Waals surface area contributed by atoms with Crippen LogP contribution in [-0.4, -0.2) is 32.7 Å². The lowest BCUT2D eigenvalue weighted by molar-refractivity contribution is -0.140. The summed E-state index contributed by atoms with van der Waals surface area (Å²) in [5.41, 5.74) is 1.23. The highest BCUT2D eigenvalue weighted by molar-refractivity contribution is 5.90. The molecule has 1 aromatic carbocycles. The third kappa shape index (κ3) is 4.14. The van der Waals surface area contributed by atoms with Crippen LogP contribution in [0.15, 0.2) is 24.3 Å². The first-order valence-corrected chi connectivity index (χ1v) is 5.16. The predicted molar refractivity (Wildman–Crippen MR) is 62.9 cm³/mol. The van der Waals surface area contributed by atoms with Gasteiger partial charge >= 0.3 is 11.9 Å². The second-order valence-electron chi connectivity index (χ2n) is 3.33. The third-order valence-corrected chi connectivity index (χ3v) is 2.17. The molecule has 0 unspecified atom stereocenters. The molecule has 0 saturated carbocycles. The number of hydrogen-bond donors (Lipinski definition) is 1. The summed E-state index contributed by atoms with van der Waals surface area (Å²) < 4.78 is 9.12. The summed E-state index contributed by atoms with van der Waals surface area (Å²) in [5, 5.41) is 3.02. The number of ether oxygens (including phenoxy) is 2. The molecule has 0 atom stereocenters. The van der Waals surface area contributed by atoms with E-state index in [0.29, 0.717) is 12.1 Å². The number of carbonyl (C=O) groups excluding carboxylic acids is 2. The van der Waals surface area contributed by atoms with Crippen LogP contribution in [0.4, 0.5) is 5.69 Å². The van der Waals surface area contributed by atoms with E-state index < -0.39 is 0 Å². The Morgan fingerprint density at radius 1 is 1.24 bits per heavy atom. The summed E-state index contributed by atoms with van der Waals surface area (Å²) in [4.78, 5) is 22.2. The number of rotatable bonds is 5. The van der Waals surface area contributed by atoms with Crippen LogP contribution in [0.25, 0.3) is 0 Å². The van der Waals surface area contributed by atoms with Crippen molar-refractivity contribution in [3.8, 4) is 0 Å². The van der Waals surface area contributed by atoms with Crippen LogP contribution in [0.3, 0.4) is 0 Å². The molecule has 0 aromatic heterocycles. The fraction of sp³-hybridized carbons (Fsp3) is 0.333. The molecule has 0 aliphatic rings. The molecule has 0 spiro atoms. The van der Waals surface area contributed by atoms with E-state index >= 15 is 0 Å². The molecule has 1 rings (SSSR count). The summed E-state index contributed by atoms with van der Waals surface area (Å²) in [6.07, 6.45) is 0.277. The Labute approximate surface area is 99.7 Å². The zero-order valence-corrected chi connectivity index (χ0v) is 9.86. The van der Waals surface area contributed by atoms with Crippen LogP contribution in [-0.2, 0) is 14.3 Å². The SMILES string of the molecule is COC(=O)CCNc1cccc(C(=O)OC)c1. The highest BCUT2D eigenvalue weighted by atomic mass is 16.5. The molecule has 17 heavy (non-hydrogen) atoms. The minimum Gasteiger partial charge on any atom is -0.469 e. The number of nitrogens with one attached hydrogen (secondary N) is 1. The van der Waals surface area contributed by atoms with E-state index in [4.69, 9.17) is 0 Å². The maximum atomic E-state index is 11.3. The topological polar surface area (TPSA) is 64.6 Å². The van der Waals surface area contributed by atoms with Gasteiger partial charge < -0.3 is 14.8 Å². The van der Waals surface area contributed by atoms with Crippen LogP contribution in [0.2, 0.25) is 0 Å². The molecule has 0 bridgehead atoms. The van der Waals surface area contributed by atoms with Crippen molar-refractivity contribution in [2.24, 2.45) is 0 Å². The van der Waals surface area contributed by atoms with Gasteiger partial charge in [-0.15, -0.1) is 0 Å². The van der Waals surface area contributed by atoms with Gasteiger partial charge in [0.05, 0.1) is 26.2 Å². The van der Waals surface area contributed by atoms with Crippen LogP contribution in [0.1, 0.15) is 16.8 Å². The Hall–Kier alpha value is -2.04. The predicted octanol–water partition coefficient (Wildman–Crippen LogP) is 1.45. The standard InChI is InChI=1S/C12H15NO4/c1-16-11(14)6-7-13-10-5-3-4-9(8-10)12(15)17-2/h3-5,8,13H,6-7H2,1-2H3. The van der Waals surface area contributed by atoms with E-state index in [2.05, 4.69) is 14.8 Å². The lowest BCUT2D eigenvalue weighted by atomic mass is 10.2. The van der Waals surface area contributed by atoms with Crippen molar-refractivity contribution >= 4 is 17.6 Å². The van der Waals surface area contributed by atoms with Gasteiger partial charge in [0.15, 0.2) is 0 Å². The second kappa shape index (κ2) is 6.52. The number of anilines is 1. The molecule has 5 heteroatoms. The number of carbonyl (C=O) groups is 2. The molecule has 5 nitrogen and oxygen atoms in total. The van der Waals surface area contributed by atoms with E-state index in [-0.39, 0.29) is 18.4 Å². The third-order valence-electron chi connectivity index (χ3n) is 2.17. The molecule has 1 aromatic rings. The number of hydrogen-bond acceptors (Lipinski definition) is 5. The number of esters is 2. The summed E-state index contributed by atoms with van der Waals surface area (Å²) >= 11 is 0. The molecule has 0 aliphatic carbocycles. The highest BCUT2D eigenvalue weighted by Crippen LogP contribution is 2.11. The summed E-state index contributed by atoms with van der Waals surface area (Å²) in [5.74, 6) is -0.664. The monoisotopic (exact) mass is 237 g/mol. The van der Waals surface area contributed by atoms with Crippen molar-refractivity contribution in [3.63, 3.8) is 0 Å². The Bertz CT molecular complexity index is 403. The molecule has 0 aliphatic heterocycles. The first kappa shape index (κ1) is 13.0. The number of benzene rings is 1. The van der Waals surface area contributed by atoms with Gasteiger partial charge in [0, 0.05) is 12.2 Å². The first-order valence-electron chi connectivity index (χ1n) is 5.16. The van der Waals surface area contributed by atoms with Crippen molar-refractivity contribution in [1.29, 1.82) is 0 Å². The Kier molecular flexibility index (Phi) is 5.00. The van der Waals surface area contributed by atoms with Crippen LogP contribution >= 0.6 is 0 Å². The lowest BCUT2D eigenvalue weighted by Gasteiger charge is -2.06. The van der Waals surface area contributed by atoms with Crippen LogP contribution in [0.5, 0.6) is 0 Å². The maximum absolute atomic E-state index is 11.3. The van der Waals surface area contributed by atoms with Crippen molar-refractivity contribution in [3.05, 3.63) is 29.8 Å². The zero-order valence-electron chi connectivity index (χ0n) is 9.86. The molecule has 92 valence electrons. The summed E-state index contributed by atoms with van der Waals surface area (Å²) in [6, 6.07) is 6.89. The average molecular weight is 237 g/mol. The largest absolute Gasteiger partial charge is 0.469 e. The minimum atomic E-state index is -0.387. The summed E-state index contributed by atoms with van der Waals surface area (Å²) in [7, 11) is 2.68. The van der Waals surface area contributed by atoms with Crippen LogP contribution < -0.4 is 5.32 Å². The van der Waals surface area contributed by atoms with Gasteiger partial charge in [0.25, 0.3) is 0 Å². The van der Waals surface area contributed by atoms with Crippen molar-refractivity contribution in [2.45, 2.75) is 6.42 Å². The van der Waals surface area contributed by atoms with E-state index in [1.165, 1.54) is 14.2 Å². The quantitative estimate of drug-likeness (QED) is 0.785. The molecule has 0 saturated heterocycles. The van der Waals surface area contributed by atoms with Crippen LogP contribution in [0, 0.1) is 0 Å². The molecule has 1 N–H and O–H groups in total. The smallest absolute Gasteiger partial charge is 0.337 e. The molecule has 0 amide bonds. The molecule has 0 radical (unpaired) electrons. The molecule has 0 heterocycles. The Morgan fingerprint density at radius 2 is 2.00 bits per heavy atom. The van der Waals surface area contributed by atoms with Gasteiger partial charge in [0.2, 0.25) is 0 Å². The minimum absolute atomic E-state index is 0.276. The van der Waals surface area contributed by atoms with Gasteiger partial charge in [-0.2, -0.15) is 0 Å². The Balaban J connectivity index is 2.54. The van der Waals surface area contributed by atoms with Gasteiger partial charge in [-0.1, -0.05) is 6.07 Å². The molecule has 0 fully saturated rings. The first-order chi connectivity index (χ1) is 8.17. The maximum Gasteiger partial charge on any atom is 0.337 e. The van der Waals surface area contributed by atoms with Gasteiger partial charge in [-0.3, -0.25) is 4.79 Å². The van der Waals surface area contributed by atoms with E-state index in [0.717, 1.165) is 5.69 Å². The van der Waals surface area contributed by atoms with Gasteiger partial charge in [0.1, 0.15) is 0 Å². The fourth-order valence-electron chi connectivity index (χ4n) is 1.28. The highest BCUT2D eigenvalue weighted by Gasteiger charge is 2.05.